The number of piperidine rings is 1. The number of nitrogens with zero attached hydrogens (tertiary/aromatic N) is 3. The highest BCUT2D eigenvalue weighted by Gasteiger charge is 2.22. The fraction of sp³-hybridized carbons (Fsp3) is 0.737. The molecule has 6 nitrogen and oxygen atoms in total. The molecule has 0 bridgehead atoms. The predicted molar refractivity (Wildman–Crippen MR) is 99.6 cm³/mol. The number of hydrogen-bond acceptors (Lipinski definition) is 4. The molecule has 1 aromatic heterocycles. The van der Waals surface area contributed by atoms with Gasteiger partial charge in [-0.1, -0.05) is 32.1 Å². The number of hydrogen-bond donors (Lipinski definition) is 2. The maximum absolute atomic E-state index is 12.2. The Morgan fingerprint density at radius 1 is 1.00 bits per heavy atom. The Morgan fingerprint density at radius 3 is 2.32 bits per heavy atom. The van der Waals surface area contributed by atoms with Crippen LogP contribution in [-0.2, 0) is 0 Å². The molecular formula is C19H31N5O. The zero-order valence-corrected chi connectivity index (χ0v) is 15.1. The summed E-state index contributed by atoms with van der Waals surface area (Å²) >= 11 is 0. The number of nitrogens with one attached hydrogen (secondary N) is 2. The first-order chi connectivity index (χ1) is 12.3. The minimum Gasteiger partial charge on any atom is -0.341 e. The summed E-state index contributed by atoms with van der Waals surface area (Å²) in [7, 11) is 0. The van der Waals surface area contributed by atoms with E-state index in [0.29, 0.717) is 5.92 Å². The number of carbonyl (C=O) groups is 1. The van der Waals surface area contributed by atoms with E-state index in [4.69, 9.17) is 0 Å². The van der Waals surface area contributed by atoms with E-state index in [1.54, 1.807) is 12.4 Å². The zero-order valence-electron chi connectivity index (χ0n) is 15.1. The molecule has 2 heterocycles. The smallest absolute Gasteiger partial charge is 0.315 e. The molecule has 2 amide bonds. The SMILES string of the molecule is O=C(NCC1CCCCCCC1)NC1CCN(c2ncccn2)CC1. The van der Waals surface area contributed by atoms with E-state index >= 15 is 0 Å². The molecule has 25 heavy (non-hydrogen) atoms. The van der Waals surface area contributed by atoms with E-state index in [2.05, 4.69) is 25.5 Å². The van der Waals surface area contributed by atoms with Gasteiger partial charge in [0.25, 0.3) is 0 Å². The fourth-order valence-corrected chi connectivity index (χ4v) is 3.90. The van der Waals surface area contributed by atoms with Gasteiger partial charge in [-0.05, 0) is 37.7 Å². The number of rotatable bonds is 4. The summed E-state index contributed by atoms with van der Waals surface area (Å²) in [6.45, 7) is 2.59. The largest absolute Gasteiger partial charge is 0.341 e. The monoisotopic (exact) mass is 345 g/mol. The molecule has 0 unspecified atom stereocenters. The van der Waals surface area contributed by atoms with Crippen LogP contribution in [0.15, 0.2) is 18.5 Å². The van der Waals surface area contributed by atoms with Gasteiger partial charge in [0, 0.05) is 38.1 Å². The van der Waals surface area contributed by atoms with E-state index in [1.807, 2.05) is 6.07 Å². The predicted octanol–water partition coefficient (Wildman–Crippen LogP) is 3.11. The van der Waals surface area contributed by atoms with Crippen LogP contribution in [0.5, 0.6) is 0 Å². The van der Waals surface area contributed by atoms with Crippen LogP contribution in [0.25, 0.3) is 0 Å². The van der Waals surface area contributed by atoms with E-state index in [0.717, 1.165) is 38.4 Å². The third-order valence-corrected chi connectivity index (χ3v) is 5.44. The Balaban J connectivity index is 1.35. The maximum atomic E-state index is 12.2. The minimum absolute atomic E-state index is 0.00327. The van der Waals surface area contributed by atoms with Crippen LogP contribution in [0.1, 0.15) is 57.8 Å². The Hall–Kier alpha value is -1.85. The van der Waals surface area contributed by atoms with Crippen molar-refractivity contribution >= 4 is 12.0 Å². The van der Waals surface area contributed by atoms with Gasteiger partial charge < -0.3 is 15.5 Å². The normalized spacial score (nSPS) is 20.6. The number of aromatic nitrogens is 2. The average Bonchev–Trinajstić information content (AvgIpc) is 2.62. The van der Waals surface area contributed by atoms with E-state index in [9.17, 15) is 4.79 Å². The van der Waals surface area contributed by atoms with Crippen molar-refractivity contribution in [3.05, 3.63) is 18.5 Å². The molecular weight excluding hydrogens is 314 g/mol. The number of carbonyl (C=O) groups excluding carboxylic acids is 1. The Morgan fingerprint density at radius 2 is 1.64 bits per heavy atom. The fourth-order valence-electron chi connectivity index (χ4n) is 3.90. The molecule has 2 aliphatic rings. The van der Waals surface area contributed by atoms with Crippen LogP contribution in [-0.4, -0.2) is 41.7 Å². The van der Waals surface area contributed by atoms with Crippen molar-refractivity contribution in [1.82, 2.24) is 20.6 Å². The molecule has 1 aromatic rings. The van der Waals surface area contributed by atoms with Gasteiger partial charge in [0.2, 0.25) is 5.95 Å². The van der Waals surface area contributed by atoms with Crippen molar-refractivity contribution in [2.45, 2.75) is 63.8 Å². The van der Waals surface area contributed by atoms with Crippen molar-refractivity contribution in [2.75, 3.05) is 24.5 Å². The van der Waals surface area contributed by atoms with Gasteiger partial charge in [-0.2, -0.15) is 0 Å². The molecule has 2 fully saturated rings. The van der Waals surface area contributed by atoms with Crippen LogP contribution in [0.2, 0.25) is 0 Å². The lowest BCUT2D eigenvalue weighted by atomic mass is 9.91. The van der Waals surface area contributed by atoms with Crippen molar-refractivity contribution in [1.29, 1.82) is 0 Å². The second-order valence-electron chi connectivity index (χ2n) is 7.38. The first-order valence-corrected chi connectivity index (χ1v) is 9.87. The maximum Gasteiger partial charge on any atom is 0.315 e. The zero-order chi connectivity index (χ0) is 17.3. The summed E-state index contributed by atoms with van der Waals surface area (Å²) in [5.41, 5.74) is 0. The summed E-state index contributed by atoms with van der Waals surface area (Å²) < 4.78 is 0. The third kappa shape index (κ3) is 5.87. The van der Waals surface area contributed by atoms with Gasteiger partial charge in [0.15, 0.2) is 0 Å². The molecule has 6 heteroatoms. The number of amides is 2. The molecule has 2 N–H and O–H groups in total. The molecule has 1 aliphatic heterocycles. The molecule has 0 atom stereocenters. The van der Waals surface area contributed by atoms with Gasteiger partial charge in [0.05, 0.1) is 0 Å². The Labute approximate surface area is 150 Å². The number of urea groups is 1. The second kappa shape index (κ2) is 9.59. The lowest BCUT2D eigenvalue weighted by Crippen LogP contribution is -2.49. The van der Waals surface area contributed by atoms with Crippen LogP contribution in [0, 0.1) is 5.92 Å². The molecule has 1 aliphatic carbocycles. The molecule has 1 saturated heterocycles. The second-order valence-corrected chi connectivity index (χ2v) is 7.38. The first-order valence-electron chi connectivity index (χ1n) is 9.87. The lowest BCUT2D eigenvalue weighted by molar-refractivity contribution is 0.230. The highest BCUT2D eigenvalue weighted by molar-refractivity contribution is 5.74. The van der Waals surface area contributed by atoms with Crippen molar-refractivity contribution in [3.63, 3.8) is 0 Å². The van der Waals surface area contributed by atoms with Crippen molar-refractivity contribution < 1.29 is 4.79 Å². The van der Waals surface area contributed by atoms with Crippen LogP contribution >= 0.6 is 0 Å². The summed E-state index contributed by atoms with van der Waals surface area (Å²) in [6, 6.07) is 2.08. The molecule has 0 radical (unpaired) electrons. The van der Waals surface area contributed by atoms with Gasteiger partial charge in [-0.15, -0.1) is 0 Å². The lowest BCUT2D eigenvalue weighted by Gasteiger charge is -2.32. The van der Waals surface area contributed by atoms with E-state index in [1.165, 1.54) is 44.9 Å². The molecule has 138 valence electrons. The van der Waals surface area contributed by atoms with Crippen LogP contribution in [0.3, 0.4) is 0 Å². The summed E-state index contributed by atoms with van der Waals surface area (Å²) in [4.78, 5) is 23.0. The van der Waals surface area contributed by atoms with Gasteiger partial charge in [-0.25, -0.2) is 14.8 Å². The quantitative estimate of drug-likeness (QED) is 0.880. The van der Waals surface area contributed by atoms with E-state index in [-0.39, 0.29) is 12.1 Å². The minimum atomic E-state index is -0.00327. The van der Waals surface area contributed by atoms with Crippen LogP contribution in [0.4, 0.5) is 10.7 Å². The highest BCUT2D eigenvalue weighted by Crippen LogP contribution is 2.21. The first kappa shape index (κ1) is 18.0. The summed E-state index contributed by atoms with van der Waals surface area (Å²) in [6.07, 6.45) is 14.7. The van der Waals surface area contributed by atoms with Gasteiger partial charge in [-0.3, -0.25) is 0 Å². The molecule has 1 saturated carbocycles. The van der Waals surface area contributed by atoms with Crippen LogP contribution < -0.4 is 15.5 Å². The highest BCUT2D eigenvalue weighted by atomic mass is 16.2. The molecule has 0 spiro atoms. The number of anilines is 1. The third-order valence-electron chi connectivity index (χ3n) is 5.44. The van der Waals surface area contributed by atoms with Crippen molar-refractivity contribution in [2.24, 2.45) is 5.92 Å². The Kier molecular flexibility index (Phi) is 6.89. The van der Waals surface area contributed by atoms with Gasteiger partial charge >= 0.3 is 6.03 Å². The molecule has 3 rings (SSSR count). The standard InChI is InChI=1S/C19H31N5O/c25-19(22-15-16-7-4-2-1-3-5-8-16)23-17-9-13-24(14-10-17)18-20-11-6-12-21-18/h6,11-12,16-17H,1-5,7-10,13-15H2,(H2,22,23,25). The molecule has 0 aromatic carbocycles. The van der Waals surface area contributed by atoms with Crippen molar-refractivity contribution in [3.8, 4) is 0 Å². The van der Waals surface area contributed by atoms with Gasteiger partial charge in [0.1, 0.15) is 0 Å². The average molecular weight is 345 g/mol. The summed E-state index contributed by atoms with van der Waals surface area (Å²) in [5, 5.41) is 6.24. The topological polar surface area (TPSA) is 70.2 Å². The summed E-state index contributed by atoms with van der Waals surface area (Å²) in [5.74, 6) is 1.44. The van der Waals surface area contributed by atoms with E-state index < -0.39 is 0 Å². The Bertz CT molecular complexity index is 508.